The molecule has 0 aliphatic heterocycles. The van der Waals surface area contributed by atoms with Crippen LogP contribution in [0.1, 0.15) is 19.0 Å². The van der Waals surface area contributed by atoms with Crippen molar-refractivity contribution in [2.75, 3.05) is 26.1 Å². The number of nitrogens with one attached hydrogen (secondary N) is 1. The van der Waals surface area contributed by atoms with Gasteiger partial charge in [0.2, 0.25) is 0 Å². The number of nitro groups is 1. The number of aryl methyl sites for hydroxylation is 1. The summed E-state index contributed by atoms with van der Waals surface area (Å²) in [6, 6.07) is 4.66. The molecule has 1 unspecified atom stereocenters. The number of nitrogens with zero attached hydrogens (tertiary/aromatic N) is 2. The highest BCUT2D eigenvalue weighted by Crippen LogP contribution is 2.44. The van der Waals surface area contributed by atoms with Crippen molar-refractivity contribution in [3.8, 4) is 17.4 Å². The largest absolute Gasteiger partial charge is 0.493 e. The van der Waals surface area contributed by atoms with Crippen molar-refractivity contribution in [3.05, 3.63) is 43.5 Å². The Balaban J connectivity index is 2.55. The molecule has 1 aromatic heterocycles. The number of hydrogen-bond donors (Lipinski definition) is 1. The van der Waals surface area contributed by atoms with Gasteiger partial charge in [-0.15, -0.1) is 0 Å². The molecule has 10 heteroatoms. The number of anilines is 1. The number of pyridine rings is 1. The zero-order valence-corrected chi connectivity index (χ0v) is 18.3. The summed E-state index contributed by atoms with van der Waals surface area (Å²) in [4.78, 5) is 15.5. The maximum Gasteiger partial charge on any atom is 0.354 e. The van der Waals surface area contributed by atoms with Gasteiger partial charge in [0.05, 0.1) is 23.1 Å². The van der Waals surface area contributed by atoms with Crippen LogP contribution in [0.4, 0.5) is 11.4 Å². The monoisotopic (exact) mass is 473 g/mol. The fourth-order valence-corrected chi connectivity index (χ4v) is 3.43. The molecule has 0 saturated heterocycles. The van der Waals surface area contributed by atoms with E-state index in [9.17, 15) is 10.1 Å². The second-order valence-corrected chi connectivity index (χ2v) is 7.24. The van der Waals surface area contributed by atoms with Crippen molar-refractivity contribution in [2.24, 2.45) is 0 Å². The first-order valence-corrected chi connectivity index (χ1v) is 9.60. The molecule has 0 aliphatic rings. The lowest BCUT2D eigenvalue weighted by Gasteiger charge is -2.19. The number of halogens is 2. The van der Waals surface area contributed by atoms with Crippen LogP contribution in [-0.2, 0) is 4.74 Å². The van der Waals surface area contributed by atoms with Crippen LogP contribution in [0.5, 0.6) is 17.4 Å². The number of aromatic nitrogens is 1. The topological polar surface area (TPSA) is 95.8 Å². The molecule has 0 radical (unpaired) electrons. The highest BCUT2D eigenvalue weighted by Gasteiger charge is 2.27. The highest BCUT2D eigenvalue weighted by molar-refractivity contribution is 9.10. The van der Waals surface area contributed by atoms with E-state index in [0.29, 0.717) is 33.2 Å². The Labute approximate surface area is 176 Å². The average Bonchev–Trinajstić information content (AvgIpc) is 2.62. The SMILES string of the molecule is CCC(COC)Nc1cc(C)nc(Oc2c(Br)cc(Cl)cc2OC)c1[N+](=O)[O-]. The van der Waals surface area contributed by atoms with Crippen molar-refractivity contribution < 1.29 is 19.1 Å². The fourth-order valence-electron chi connectivity index (χ4n) is 2.56. The van der Waals surface area contributed by atoms with E-state index in [2.05, 4.69) is 26.2 Å². The van der Waals surface area contributed by atoms with Crippen LogP contribution in [0, 0.1) is 17.0 Å². The Kier molecular flexibility index (Phi) is 7.85. The summed E-state index contributed by atoms with van der Waals surface area (Å²) < 4.78 is 16.8. The molecular weight excluding hydrogens is 454 g/mol. The Morgan fingerprint density at radius 1 is 1.36 bits per heavy atom. The Morgan fingerprint density at radius 3 is 2.64 bits per heavy atom. The van der Waals surface area contributed by atoms with Gasteiger partial charge in [-0.25, -0.2) is 4.98 Å². The normalized spacial score (nSPS) is 11.8. The zero-order valence-electron chi connectivity index (χ0n) is 15.9. The first kappa shape index (κ1) is 22.2. The average molecular weight is 475 g/mol. The molecule has 2 rings (SSSR count). The quantitative estimate of drug-likeness (QED) is 0.386. The third kappa shape index (κ3) is 5.24. The van der Waals surface area contributed by atoms with Crippen LogP contribution in [0.25, 0.3) is 0 Å². The molecule has 0 aliphatic carbocycles. The number of ether oxygens (including phenoxy) is 3. The molecule has 0 bridgehead atoms. The van der Waals surface area contributed by atoms with Gasteiger partial charge in [0.25, 0.3) is 0 Å². The predicted molar refractivity (Wildman–Crippen MR) is 111 cm³/mol. The lowest BCUT2D eigenvalue weighted by atomic mass is 10.2. The van der Waals surface area contributed by atoms with Crippen molar-refractivity contribution >= 4 is 38.9 Å². The minimum Gasteiger partial charge on any atom is -0.493 e. The van der Waals surface area contributed by atoms with E-state index in [1.165, 1.54) is 7.11 Å². The predicted octanol–water partition coefficient (Wildman–Crippen LogP) is 5.35. The summed E-state index contributed by atoms with van der Waals surface area (Å²) in [5.74, 6) is 0.404. The van der Waals surface area contributed by atoms with Gasteiger partial charge in [-0.05, 0) is 41.4 Å². The van der Waals surface area contributed by atoms with Crippen molar-refractivity contribution in [3.63, 3.8) is 0 Å². The third-order valence-electron chi connectivity index (χ3n) is 3.88. The van der Waals surface area contributed by atoms with Crippen LogP contribution in [0.15, 0.2) is 22.7 Å². The summed E-state index contributed by atoms with van der Waals surface area (Å²) in [6.07, 6.45) is 0.721. The highest BCUT2D eigenvalue weighted by atomic mass is 79.9. The number of rotatable bonds is 9. The number of benzene rings is 1. The number of methoxy groups -OCH3 is 2. The molecular formula is C18H21BrClN3O5. The molecule has 1 aromatic carbocycles. The zero-order chi connectivity index (χ0) is 20.8. The molecule has 2 aromatic rings. The molecule has 152 valence electrons. The van der Waals surface area contributed by atoms with Crippen LogP contribution >= 0.6 is 27.5 Å². The molecule has 1 atom stereocenters. The van der Waals surface area contributed by atoms with Gasteiger partial charge in [0.1, 0.15) is 5.69 Å². The molecule has 28 heavy (non-hydrogen) atoms. The summed E-state index contributed by atoms with van der Waals surface area (Å²) in [7, 11) is 3.03. The summed E-state index contributed by atoms with van der Waals surface area (Å²) in [6.45, 7) is 4.10. The number of hydrogen-bond acceptors (Lipinski definition) is 7. The van der Waals surface area contributed by atoms with Gasteiger partial charge < -0.3 is 19.5 Å². The summed E-state index contributed by atoms with van der Waals surface area (Å²) in [5, 5.41) is 15.4. The van der Waals surface area contributed by atoms with Crippen molar-refractivity contribution in [1.82, 2.24) is 4.98 Å². The first-order valence-electron chi connectivity index (χ1n) is 8.43. The maximum absolute atomic E-state index is 11.8. The fraction of sp³-hybridized carbons (Fsp3) is 0.389. The van der Waals surface area contributed by atoms with Gasteiger partial charge in [0, 0.05) is 29.9 Å². The van der Waals surface area contributed by atoms with Crippen LogP contribution in [-0.4, -0.2) is 36.8 Å². The van der Waals surface area contributed by atoms with E-state index in [1.807, 2.05) is 6.92 Å². The third-order valence-corrected chi connectivity index (χ3v) is 4.69. The first-order chi connectivity index (χ1) is 13.3. The smallest absolute Gasteiger partial charge is 0.354 e. The maximum atomic E-state index is 11.8. The lowest BCUT2D eigenvalue weighted by molar-refractivity contribution is -0.385. The Morgan fingerprint density at radius 2 is 2.07 bits per heavy atom. The van der Waals surface area contributed by atoms with Gasteiger partial charge in [-0.2, -0.15) is 0 Å². The van der Waals surface area contributed by atoms with E-state index in [1.54, 1.807) is 32.2 Å². The van der Waals surface area contributed by atoms with E-state index in [-0.39, 0.29) is 23.4 Å². The molecule has 0 amide bonds. The van der Waals surface area contributed by atoms with E-state index >= 15 is 0 Å². The molecule has 1 N–H and O–H groups in total. The Bertz CT molecular complexity index is 866. The van der Waals surface area contributed by atoms with Crippen LogP contribution in [0.3, 0.4) is 0 Å². The van der Waals surface area contributed by atoms with Crippen molar-refractivity contribution in [1.29, 1.82) is 0 Å². The minimum atomic E-state index is -0.528. The molecule has 0 spiro atoms. The van der Waals surface area contributed by atoms with E-state index in [0.717, 1.165) is 6.42 Å². The van der Waals surface area contributed by atoms with Crippen molar-refractivity contribution in [2.45, 2.75) is 26.3 Å². The van der Waals surface area contributed by atoms with Crippen LogP contribution in [0.2, 0.25) is 5.02 Å². The van der Waals surface area contributed by atoms with Gasteiger partial charge in [0.15, 0.2) is 11.5 Å². The second kappa shape index (κ2) is 9.90. The summed E-state index contributed by atoms with van der Waals surface area (Å²) >= 11 is 9.38. The van der Waals surface area contributed by atoms with Gasteiger partial charge in [-0.3, -0.25) is 10.1 Å². The van der Waals surface area contributed by atoms with Gasteiger partial charge >= 0.3 is 11.6 Å². The lowest BCUT2D eigenvalue weighted by Crippen LogP contribution is -2.24. The van der Waals surface area contributed by atoms with Gasteiger partial charge in [-0.1, -0.05) is 18.5 Å². The molecule has 0 saturated carbocycles. The molecule has 1 heterocycles. The second-order valence-electron chi connectivity index (χ2n) is 5.95. The summed E-state index contributed by atoms with van der Waals surface area (Å²) in [5.41, 5.74) is 0.587. The molecule has 8 nitrogen and oxygen atoms in total. The van der Waals surface area contributed by atoms with Crippen LogP contribution < -0.4 is 14.8 Å². The van der Waals surface area contributed by atoms with E-state index < -0.39 is 4.92 Å². The minimum absolute atomic E-state index is 0.102. The molecule has 0 fully saturated rings. The standard InChI is InChI=1S/C18H21BrClN3O5/c1-5-12(9-26-3)22-14-6-10(2)21-18(16(14)23(24)25)28-17-13(19)7-11(20)8-15(17)27-4/h6-8,12H,5,9H2,1-4H3,(H,21,22). The Hall–Kier alpha value is -2.10. The van der Waals surface area contributed by atoms with E-state index in [4.69, 9.17) is 25.8 Å².